The molecule has 1 aliphatic rings. The molecule has 0 radical (unpaired) electrons. The standard InChI is InChI=1S/C24H20ClN5O/c1-13-18-8-3-4-9-19(18)28-23(26-13)30-24-27-14(2)22-20(29-24)11-16(12-21(22)31)15-6-5-7-17(25)10-15/h3-10,16H,11-12H2,1-2H3,(H,26,27,28,29,30)/t16-/m1/s1. The van der Waals surface area contributed by atoms with E-state index in [9.17, 15) is 4.79 Å². The molecule has 0 bridgehead atoms. The Morgan fingerprint density at radius 3 is 2.52 bits per heavy atom. The van der Waals surface area contributed by atoms with E-state index in [1.807, 2.05) is 62.4 Å². The molecule has 0 fully saturated rings. The fourth-order valence-electron chi connectivity index (χ4n) is 4.22. The highest BCUT2D eigenvalue weighted by atomic mass is 35.5. The molecule has 0 saturated carbocycles. The molecule has 0 saturated heterocycles. The lowest BCUT2D eigenvalue weighted by Crippen LogP contribution is -2.23. The van der Waals surface area contributed by atoms with Crippen LogP contribution in [0.15, 0.2) is 48.5 Å². The molecule has 1 aliphatic carbocycles. The van der Waals surface area contributed by atoms with E-state index in [0.29, 0.717) is 41.0 Å². The number of carbonyl (C=O) groups excluding carboxylic acids is 1. The summed E-state index contributed by atoms with van der Waals surface area (Å²) in [5, 5.41) is 4.80. The van der Waals surface area contributed by atoms with Crippen LogP contribution in [-0.2, 0) is 6.42 Å². The van der Waals surface area contributed by atoms with Crippen molar-refractivity contribution in [2.45, 2.75) is 32.6 Å². The van der Waals surface area contributed by atoms with Crippen molar-refractivity contribution in [1.82, 2.24) is 19.9 Å². The van der Waals surface area contributed by atoms with Crippen LogP contribution in [0.3, 0.4) is 0 Å². The quantitative estimate of drug-likeness (QED) is 0.473. The van der Waals surface area contributed by atoms with Crippen LogP contribution in [-0.4, -0.2) is 25.7 Å². The predicted octanol–water partition coefficient (Wildman–Crippen LogP) is 5.35. The third-order valence-corrected chi connectivity index (χ3v) is 5.89. The zero-order valence-electron chi connectivity index (χ0n) is 17.2. The average Bonchev–Trinajstić information content (AvgIpc) is 2.73. The third kappa shape index (κ3) is 3.75. The van der Waals surface area contributed by atoms with Gasteiger partial charge in [0.05, 0.1) is 28.2 Å². The van der Waals surface area contributed by atoms with E-state index in [-0.39, 0.29) is 11.7 Å². The number of halogens is 1. The Labute approximate surface area is 184 Å². The maximum atomic E-state index is 12.9. The highest BCUT2D eigenvalue weighted by Crippen LogP contribution is 2.34. The summed E-state index contributed by atoms with van der Waals surface area (Å²) in [5.74, 6) is 0.933. The van der Waals surface area contributed by atoms with E-state index in [4.69, 9.17) is 11.6 Å². The molecule has 1 atom stereocenters. The first kappa shape index (κ1) is 19.6. The zero-order valence-corrected chi connectivity index (χ0v) is 17.9. The number of ketones is 1. The average molecular weight is 430 g/mol. The van der Waals surface area contributed by atoms with Gasteiger partial charge < -0.3 is 0 Å². The fourth-order valence-corrected chi connectivity index (χ4v) is 4.42. The van der Waals surface area contributed by atoms with Gasteiger partial charge in [0.15, 0.2) is 5.78 Å². The Hall–Kier alpha value is -3.38. The minimum Gasteiger partial charge on any atom is -0.294 e. The Bertz CT molecular complexity index is 1340. The second-order valence-corrected chi connectivity index (χ2v) is 8.25. The van der Waals surface area contributed by atoms with E-state index in [2.05, 4.69) is 25.3 Å². The summed E-state index contributed by atoms with van der Waals surface area (Å²) in [7, 11) is 0. The van der Waals surface area contributed by atoms with Crippen LogP contribution in [0.2, 0.25) is 5.02 Å². The van der Waals surface area contributed by atoms with Gasteiger partial charge in [-0.05, 0) is 49.9 Å². The Balaban J connectivity index is 1.50. The summed E-state index contributed by atoms with van der Waals surface area (Å²) in [6, 6.07) is 15.5. The van der Waals surface area contributed by atoms with Crippen molar-refractivity contribution in [2.24, 2.45) is 0 Å². The number of rotatable bonds is 3. The van der Waals surface area contributed by atoms with Gasteiger partial charge in [0.25, 0.3) is 0 Å². The first-order valence-corrected chi connectivity index (χ1v) is 10.5. The van der Waals surface area contributed by atoms with E-state index < -0.39 is 0 Å². The topological polar surface area (TPSA) is 80.7 Å². The van der Waals surface area contributed by atoms with E-state index in [1.54, 1.807) is 0 Å². The lowest BCUT2D eigenvalue weighted by molar-refractivity contribution is 0.0962. The number of aromatic nitrogens is 4. The van der Waals surface area contributed by atoms with Crippen molar-refractivity contribution in [2.75, 3.05) is 5.32 Å². The first-order valence-electron chi connectivity index (χ1n) is 10.1. The van der Waals surface area contributed by atoms with Gasteiger partial charge in [-0.15, -0.1) is 0 Å². The molecule has 0 unspecified atom stereocenters. The molecule has 0 amide bonds. The summed E-state index contributed by atoms with van der Waals surface area (Å²) in [4.78, 5) is 31.2. The number of nitrogens with zero attached hydrogens (tertiary/aromatic N) is 4. The van der Waals surface area contributed by atoms with Gasteiger partial charge in [-0.3, -0.25) is 10.1 Å². The van der Waals surface area contributed by atoms with Crippen LogP contribution < -0.4 is 5.32 Å². The van der Waals surface area contributed by atoms with Crippen LogP contribution in [0.4, 0.5) is 11.9 Å². The van der Waals surface area contributed by atoms with E-state index in [0.717, 1.165) is 27.9 Å². The number of carbonyl (C=O) groups is 1. The van der Waals surface area contributed by atoms with Gasteiger partial charge in [0.1, 0.15) is 0 Å². The summed E-state index contributed by atoms with van der Waals surface area (Å²) in [6.45, 7) is 3.79. The van der Waals surface area contributed by atoms with Gasteiger partial charge in [-0.1, -0.05) is 41.9 Å². The molecule has 5 rings (SSSR count). The smallest absolute Gasteiger partial charge is 0.230 e. The second kappa shape index (κ2) is 7.71. The Morgan fingerprint density at radius 2 is 1.68 bits per heavy atom. The van der Waals surface area contributed by atoms with Crippen LogP contribution in [0.25, 0.3) is 10.9 Å². The molecule has 1 N–H and O–H groups in total. The number of fused-ring (bicyclic) bond motifs is 2. The number of Topliss-reactive ketones (excluding diaryl/α,β-unsaturated/α-hetero) is 1. The summed E-state index contributed by atoms with van der Waals surface area (Å²) in [6.07, 6.45) is 1.08. The molecule has 154 valence electrons. The molecule has 2 aromatic carbocycles. The highest BCUT2D eigenvalue weighted by molar-refractivity contribution is 6.30. The molecule has 31 heavy (non-hydrogen) atoms. The summed E-state index contributed by atoms with van der Waals surface area (Å²) >= 11 is 6.16. The SMILES string of the molecule is Cc1nc(Nc2nc(C)c3ccccc3n2)nc2c1C(=O)C[C@H](c1cccc(Cl)c1)C2. The molecule has 7 heteroatoms. The number of benzene rings is 2. The third-order valence-electron chi connectivity index (χ3n) is 5.65. The number of hydrogen-bond acceptors (Lipinski definition) is 6. The highest BCUT2D eigenvalue weighted by Gasteiger charge is 2.30. The molecular weight excluding hydrogens is 410 g/mol. The predicted molar refractivity (Wildman–Crippen MR) is 121 cm³/mol. The van der Waals surface area contributed by atoms with E-state index >= 15 is 0 Å². The molecule has 4 aromatic rings. The Morgan fingerprint density at radius 1 is 0.903 bits per heavy atom. The normalized spacial score (nSPS) is 15.7. The molecule has 0 spiro atoms. The molecule has 2 heterocycles. The van der Waals surface area contributed by atoms with Crippen LogP contribution in [0.5, 0.6) is 0 Å². The van der Waals surface area contributed by atoms with Crippen molar-refractivity contribution in [1.29, 1.82) is 0 Å². The lowest BCUT2D eigenvalue weighted by Gasteiger charge is -2.24. The monoisotopic (exact) mass is 429 g/mol. The van der Waals surface area contributed by atoms with Crippen molar-refractivity contribution < 1.29 is 4.79 Å². The van der Waals surface area contributed by atoms with Crippen LogP contribution in [0, 0.1) is 13.8 Å². The number of anilines is 2. The van der Waals surface area contributed by atoms with Crippen molar-refractivity contribution >= 4 is 40.2 Å². The van der Waals surface area contributed by atoms with Crippen LogP contribution >= 0.6 is 11.6 Å². The lowest BCUT2D eigenvalue weighted by atomic mass is 9.81. The molecule has 6 nitrogen and oxygen atoms in total. The minimum absolute atomic E-state index is 0.0417. The van der Waals surface area contributed by atoms with Gasteiger partial charge in [-0.2, -0.15) is 0 Å². The largest absolute Gasteiger partial charge is 0.294 e. The maximum Gasteiger partial charge on any atom is 0.230 e. The number of para-hydroxylation sites is 1. The van der Waals surface area contributed by atoms with Crippen molar-refractivity contribution in [3.63, 3.8) is 0 Å². The molecular formula is C24H20ClN5O. The summed E-state index contributed by atoms with van der Waals surface area (Å²) in [5.41, 5.74) is 4.81. The summed E-state index contributed by atoms with van der Waals surface area (Å²) < 4.78 is 0. The maximum absolute atomic E-state index is 12.9. The zero-order chi connectivity index (χ0) is 21.5. The fraction of sp³-hybridized carbons (Fsp3) is 0.208. The molecule has 2 aromatic heterocycles. The van der Waals surface area contributed by atoms with Gasteiger partial charge in [0.2, 0.25) is 11.9 Å². The van der Waals surface area contributed by atoms with Gasteiger partial charge in [0, 0.05) is 16.8 Å². The number of nitrogens with one attached hydrogen (secondary N) is 1. The van der Waals surface area contributed by atoms with Gasteiger partial charge in [-0.25, -0.2) is 19.9 Å². The van der Waals surface area contributed by atoms with Crippen molar-refractivity contribution in [3.8, 4) is 0 Å². The number of aryl methyl sites for hydroxylation is 2. The van der Waals surface area contributed by atoms with Crippen molar-refractivity contribution in [3.05, 3.63) is 81.8 Å². The van der Waals surface area contributed by atoms with Gasteiger partial charge >= 0.3 is 0 Å². The second-order valence-electron chi connectivity index (χ2n) is 7.81. The van der Waals surface area contributed by atoms with E-state index in [1.165, 1.54) is 0 Å². The number of hydrogen-bond donors (Lipinski definition) is 1. The van der Waals surface area contributed by atoms with Crippen LogP contribution in [0.1, 0.15) is 45.3 Å². The molecule has 0 aliphatic heterocycles. The Kier molecular flexibility index (Phi) is 4.87. The first-order chi connectivity index (χ1) is 15.0. The minimum atomic E-state index is 0.0417.